The fourth-order valence-electron chi connectivity index (χ4n) is 1.61. The molecule has 1 atom stereocenters. The molecule has 17 heavy (non-hydrogen) atoms. The SMILES string of the molecule is CCCNCCC(C)[SiH](OCCC)OCCC. The van der Waals surface area contributed by atoms with E-state index in [0.29, 0.717) is 5.54 Å². The summed E-state index contributed by atoms with van der Waals surface area (Å²) in [4.78, 5) is 0. The predicted octanol–water partition coefficient (Wildman–Crippen LogP) is 2.84. The normalized spacial score (nSPS) is 13.2. The lowest BCUT2D eigenvalue weighted by Crippen LogP contribution is -2.30. The summed E-state index contributed by atoms with van der Waals surface area (Å²) in [6.07, 6.45) is 4.54. The summed E-state index contributed by atoms with van der Waals surface area (Å²) in [5.74, 6) is 0. The van der Waals surface area contributed by atoms with Gasteiger partial charge in [0, 0.05) is 13.2 Å². The zero-order chi connectivity index (χ0) is 12.9. The Labute approximate surface area is 109 Å². The largest absolute Gasteiger partial charge is 0.396 e. The van der Waals surface area contributed by atoms with Crippen LogP contribution in [-0.2, 0) is 8.85 Å². The van der Waals surface area contributed by atoms with Crippen molar-refractivity contribution in [2.24, 2.45) is 0 Å². The molecule has 0 saturated carbocycles. The van der Waals surface area contributed by atoms with Gasteiger partial charge >= 0.3 is 9.28 Å². The summed E-state index contributed by atoms with van der Waals surface area (Å²) in [6, 6.07) is 0. The molecule has 3 nitrogen and oxygen atoms in total. The van der Waals surface area contributed by atoms with Crippen LogP contribution in [0.3, 0.4) is 0 Å². The Morgan fingerprint density at radius 1 is 0.941 bits per heavy atom. The molecule has 104 valence electrons. The van der Waals surface area contributed by atoms with E-state index in [1.165, 1.54) is 12.8 Å². The highest BCUT2D eigenvalue weighted by atomic mass is 28.3. The molecule has 0 aliphatic carbocycles. The third-order valence-corrected chi connectivity index (χ3v) is 5.03. The molecule has 0 aromatic carbocycles. The number of nitrogens with one attached hydrogen (secondary N) is 1. The van der Waals surface area contributed by atoms with Gasteiger partial charge < -0.3 is 14.2 Å². The summed E-state index contributed by atoms with van der Waals surface area (Å²) in [6.45, 7) is 12.7. The number of hydrogen-bond acceptors (Lipinski definition) is 3. The van der Waals surface area contributed by atoms with Gasteiger partial charge in [0.1, 0.15) is 0 Å². The predicted molar refractivity (Wildman–Crippen MR) is 76.8 cm³/mol. The molecule has 0 aromatic heterocycles. The molecule has 0 radical (unpaired) electrons. The first-order valence-corrected chi connectivity index (χ1v) is 8.81. The molecule has 0 rings (SSSR count). The van der Waals surface area contributed by atoms with Crippen molar-refractivity contribution < 1.29 is 8.85 Å². The number of rotatable bonds is 12. The lowest BCUT2D eigenvalue weighted by atomic mass is 10.3. The van der Waals surface area contributed by atoms with E-state index in [0.717, 1.165) is 39.1 Å². The van der Waals surface area contributed by atoms with Crippen LogP contribution in [-0.4, -0.2) is 35.6 Å². The second-order valence-electron chi connectivity index (χ2n) is 4.63. The molecule has 1 unspecified atom stereocenters. The van der Waals surface area contributed by atoms with Crippen LogP contribution >= 0.6 is 0 Å². The fourth-order valence-corrected chi connectivity index (χ4v) is 3.74. The van der Waals surface area contributed by atoms with E-state index in [9.17, 15) is 0 Å². The van der Waals surface area contributed by atoms with Gasteiger partial charge in [0.15, 0.2) is 0 Å². The van der Waals surface area contributed by atoms with Crippen LogP contribution in [0.25, 0.3) is 0 Å². The molecular formula is C13H31NO2Si. The van der Waals surface area contributed by atoms with Crippen molar-refractivity contribution in [3.05, 3.63) is 0 Å². The van der Waals surface area contributed by atoms with E-state index in [2.05, 4.69) is 33.0 Å². The average molecular weight is 261 g/mol. The standard InChI is InChI=1S/C13H31NO2Si/c1-5-9-14-10-8-13(4)17(15-11-6-2)16-12-7-3/h13-14,17H,5-12H2,1-4H3. The van der Waals surface area contributed by atoms with Crippen LogP contribution in [0.2, 0.25) is 5.54 Å². The van der Waals surface area contributed by atoms with Crippen LogP contribution in [0.4, 0.5) is 0 Å². The summed E-state index contributed by atoms with van der Waals surface area (Å²) in [5, 5.41) is 3.44. The van der Waals surface area contributed by atoms with E-state index in [-0.39, 0.29) is 0 Å². The van der Waals surface area contributed by atoms with Crippen molar-refractivity contribution in [3.8, 4) is 0 Å². The van der Waals surface area contributed by atoms with Gasteiger partial charge in [0.2, 0.25) is 0 Å². The Balaban J connectivity index is 3.80. The van der Waals surface area contributed by atoms with Gasteiger partial charge in [0.05, 0.1) is 0 Å². The van der Waals surface area contributed by atoms with E-state index in [1.54, 1.807) is 0 Å². The maximum absolute atomic E-state index is 5.90. The van der Waals surface area contributed by atoms with Gasteiger partial charge in [0.25, 0.3) is 0 Å². The molecule has 0 amide bonds. The Morgan fingerprint density at radius 3 is 2.00 bits per heavy atom. The van der Waals surface area contributed by atoms with Crippen LogP contribution < -0.4 is 5.32 Å². The highest BCUT2D eigenvalue weighted by Gasteiger charge is 2.21. The second kappa shape index (κ2) is 12.6. The van der Waals surface area contributed by atoms with E-state index in [1.807, 2.05) is 0 Å². The van der Waals surface area contributed by atoms with Gasteiger partial charge in [-0.3, -0.25) is 0 Å². The fraction of sp³-hybridized carbons (Fsp3) is 1.00. The molecule has 0 spiro atoms. The molecule has 0 saturated heterocycles. The van der Waals surface area contributed by atoms with Crippen molar-refractivity contribution in [1.82, 2.24) is 5.32 Å². The first-order chi connectivity index (χ1) is 8.26. The highest BCUT2D eigenvalue weighted by molar-refractivity contribution is 6.46. The van der Waals surface area contributed by atoms with Gasteiger partial charge in [-0.05, 0) is 44.3 Å². The van der Waals surface area contributed by atoms with Crippen molar-refractivity contribution in [2.75, 3.05) is 26.3 Å². The van der Waals surface area contributed by atoms with Crippen LogP contribution in [0.15, 0.2) is 0 Å². The average Bonchev–Trinajstić information content (AvgIpc) is 2.34. The molecule has 1 N–H and O–H groups in total. The zero-order valence-corrected chi connectivity index (χ0v) is 13.3. The molecule has 0 bridgehead atoms. The van der Waals surface area contributed by atoms with Gasteiger partial charge in [-0.2, -0.15) is 0 Å². The first-order valence-electron chi connectivity index (χ1n) is 7.20. The maximum atomic E-state index is 5.90. The summed E-state index contributed by atoms with van der Waals surface area (Å²) in [7, 11) is -1.45. The molecular weight excluding hydrogens is 230 g/mol. The van der Waals surface area contributed by atoms with Crippen LogP contribution in [0.5, 0.6) is 0 Å². The summed E-state index contributed by atoms with van der Waals surface area (Å²) >= 11 is 0. The monoisotopic (exact) mass is 261 g/mol. The topological polar surface area (TPSA) is 30.5 Å². The third kappa shape index (κ3) is 9.77. The van der Waals surface area contributed by atoms with Crippen molar-refractivity contribution in [1.29, 1.82) is 0 Å². The molecule has 0 aliphatic heterocycles. The first kappa shape index (κ1) is 17.1. The van der Waals surface area contributed by atoms with Crippen LogP contribution in [0.1, 0.15) is 53.4 Å². The van der Waals surface area contributed by atoms with Gasteiger partial charge in [-0.1, -0.05) is 27.7 Å². The van der Waals surface area contributed by atoms with Gasteiger partial charge in [-0.15, -0.1) is 0 Å². The molecule has 0 aromatic rings. The minimum atomic E-state index is -1.45. The molecule has 0 aliphatic rings. The van der Waals surface area contributed by atoms with Gasteiger partial charge in [-0.25, -0.2) is 0 Å². The van der Waals surface area contributed by atoms with E-state index >= 15 is 0 Å². The Morgan fingerprint density at radius 2 is 1.53 bits per heavy atom. The van der Waals surface area contributed by atoms with E-state index < -0.39 is 9.28 Å². The van der Waals surface area contributed by atoms with Crippen molar-refractivity contribution in [3.63, 3.8) is 0 Å². The zero-order valence-electron chi connectivity index (χ0n) is 12.1. The lowest BCUT2D eigenvalue weighted by molar-refractivity contribution is 0.187. The Hall–Kier alpha value is 0.0969. The molecule has 0 fully saturated rings. The minimum absolute atomic E-state index is 0.595. The van der Waals surface area contributed by atoms with Crippen molar-refractivity contribution in [2.45, 2.75) is 58.9 Å². The highest BCUT2D eigenvalue weighted by Crippen LogP contribution is 2.16. The Kier molecular flexibility index (Phi) is 12.6. The smallest absolute Gasteiger partial charge is 0.324 e. The molecule has 0 heterocycles. The lowest BCUT2D eigenvalue weighted by Gasteiger charge is -2.22. The summed E-state index contributed by atoms with van der Waals surface area (Å²) < 4.78 is 11.8. The van der Waals surface area contributed by atoms with Crippen LogP contribution in [0, 0.1) is 0 Å². The van der Waals surface area contributed by atoms with E-state index in [4.69, 9.17) is 8.85 Å². The summed E-state index contributed by atoms with van der Waals surface area (Å²) in [5.41, 5.74) is 0.595. The third-order valence-electron chi connectivity index (χ3n) is 2.64. The Bertz CT molecular complexity index is 150. The minimum Gasteiger partial charge on any atom is -0.396 e. The quantitative estimate of drug-likeness (QED) is 0.433. The maximum Gasteiger partial charge on any atom is 0.324 e. The van der Waals surface area contributed by atoms with Crippen molar-refractivity contribution >= 4 is 9.28 Å². The molecule has 4 heteroatoms. The number of hydrogen-bond donors (Lipinski definition) is 1. The second-order valence-corrected chi connectivity index (χ2v) is 7.17.